The summed E-state index contributed by atoms with van der Waals surface area (Å²) in [7, 11) is 1.53. The van der Waals surface area contributed by atoms with E-state index in [1.165, 1.54) is 13.2 Å². The van der Waals surface area contributed by atoms with Crippen LogP contribution in [0.25, 0.3) is 0 Å². The summed E-state index contributed by atoms with van der Waals surface area (Å²) in [5.74, 6) is 0.227. The van der Waals surface area contributed by atoms with Gasteiger partial charge >= 0.3 is 0 Å². The normalized spacial score (nSPS) is 13.5. The van der Waals surface area contributed by atoms with Crippen LogP contribution >= 0.6 is 0 Å². The van der Waals surface area contributed by atoms with E-state index in [2.05, 4.69) is 32.6 Å². The number of hydrogen-bond acceptors (Lipinski definition) is 3. The van der Waals surface area contributed by atoms with Crippen molar-refractivity contribution in [1.29, 1.82) is 0 Å². The van der Waals surface area contributed by atoms with Crippen molar-refractivity contribution in [1.82, 2.24) is 4.90 Å². The molecular formula is C17H29FN2O. The summed E-state index contributed by atoms with van der Waals surface area (Å²) < 4.78 is 19.4. The third kappa shape index (κ3) is 3.38. The molecular weight excluding hydrogens is 267 g/mol. The molecule has 0 aliphatic carbocycles. The summed E-state index contributed by atoms with van der Waals surface area (Å²) >= 11 is 0. The zero-order valence-corrected chi connectivity index (χ0v) is 13.9. The number of methoxy groups -OCH3 is 1. The standard InChI is InChI=1S/C17H29FN2O/c1-6-17(7-2,20(8-3)9-4)16(19)14-11-10-13(21-5)12-15(14)18/h10-12,16H,6-9,19H2,1-5H3. The highest BCUT2D eigenvalue weighted by Gasteiger charge is 2.39. The van der Waals surface area contributed by atoms with Crippen LogP contribution in [0.15, 0.2) is 18.2 Å². The number of nitrogens with two attached hydrogens (primary N) is 1. The lowest BCUT2D eigenvalue weighted by atomic mass is 9.79. The molecule has 0 spiro atoms. The van der Waals surface area contributed by atoms with Gasteiger partial charge in [0, 0.05) is 17.2 Å². The Morgan fingerprint density at radius 1 is 1.19 bits per heavy atom. The van der Waals surface area contributed by atoms with E-state index in [4.69, 9.17) is 10.5 Å². The summed E-state index contributed by atoms with van der Waals surface area (Å²) in [6, 6.07) is 4.57. The van der Waals surface area contributed by atoms with Crippen LogP contribution in [-0.2, 0) is 0 Å². The first-order valence-electron chi connectivity index (χ1n) is 7.84. The van der Waals surface area contributed by atoms with Crippen LogP contribution in [0.5, 0.6) is 5.75 Å². The van der Waals surface area contributed by atoms with Gasteiger partial charge in [-0.3, -0.25) is 4.90 Å². The zero-order chi connectivity index (χ0) is 16.0. The van der Waals surface area contributed by atoms with Crippen molar-refractivity contribution in [2.24, 2.45) is 5.73 Å². The van der Waals surface area contributed by atoms with Crippen LogP contribution in [0.3, 0.4) is 0 Å². The maximum atomic E-state index is 14.4. The van der Waals surface area contributed by atoms with Crippen molar-refractivity contribution in [3.05, 3.63) is 29.6 Å². The van der Waals surface area contributed by atoms with Crippen molar-refractivity contribution in [3.63, 3.8) is 0 Å². The monoisotopic (exact) mass is 296 g/mol. The van der Waals surface area contributed by atoms with Gasteiger partial charge in [0.2, 0.25) is 0 Å². The third-order valence-corrected chi connectivity index (χ3v) is 4.74. The summed E-state index contributed by atoms with van der Waals surface area (Å²) in [5.41, 5.74) is 6.86. The lowest BCUT2D eigenvalue weighted by molar-refractivity contribution is 0.0613. The first-order valence-corrected chi connectivity index (χ1v) is 7.84. The fraction of sp³-hybridized carbons (Fsp3) is 0.647. The molecule has 1 aromatic rings. The topological polar surface area (TPSA) is 38.5 Å². The maximum absolute atomic E-state index is 14.4. The molecule has 4 heteroatoms. The van der Waals surface area contributed by atoms with Crippen LogP contribution < -0.4 is 10.5 Å². The predicted octanol–water partition coefficient (Wildman–Crippen LogP) is 3.73. The van der Waals surface area contributed by atoms with E-state index in [0.29, 0.717) is 11.3 Å². The number of ether oxygens (including phenoxy) is 1. The molecule has 3 nitrogen and oxygen atoms in total. The second-order valence-corrected chi connectivity index (χ2v) is 5.35. The molecule has 120 valence electrons. The smallest absolute Gasteiger partial charge is 0.131 e. The molecule has 0 radical (unpaired) electrons. The second-order valence-electron chi connectivity index (χ2n) is 5.35. The van der Waals surface area contributed by atoms with Crippen molar-refractivity contribution in [2.45, 2.75) is 52.1 Å². The molecule has 0 fully saturated rings. The molecule has 1 aromatic carbocycles. The van der Waals surface area contributed by atoms with Crippen molar-refractivity contribution in [3.8, 4) is 5.75 Å². The van der Waals surface area contributed by atoms with Gasteiger partial charge in [0.15, 0.2) is 0 Å². The fourth-order valence-corrected chi connectivity index (χ4v) is 3.36. The molecule has 0 aliphatic heterocycles. The molecule has 21 heavy (non-hydrogen) atoms. The Balaban J connectivity index is 3.25. The predicted molar refractivity (Wildman–Crippen MR) is 86.1 cm³/mol. The molecule has 2 N–H and O–H groups in total. The Kier molecular flexibility index (Phi) is 6.62. The van der Waals surface area contributed by atoms with Crippen LogP contribution in [0.2, 0.25) is 0 Å². The summed E-state index contributed by atoms with van der Waals surface area (Å²) in [5, 5.41) is 0. The number of hydrogen-bond donors (Lipinski definition) is 1. The Labute approximate surface area is 128 Å². The number of rotatable bonds is 8. The molecule has 0 saturated heterocycles. The number of likely N-dealkylation sites (N-methyl/N-ethyl adjacent to an activating group) is 1. The Morgan fingerprint density at radius 3 is 2.14 bits per heavy atom. The number of nitrogens with zero attached hydrogens (tertiary/aromatic N) is 1. The van der Waals surface area contributed by atoms with E-state index < -0.39 is 0 Å². The first kappa shape index (κ1) is 17.9. The van der Waals surface area contributed by atoms with Crippen LogP contribution in [0.1, 0.15) is 52.1 Å². The van der Waals surface area contributed by atoms with Crippen LogP contribution in [0, 0.1) is 5.82 Å². The van der Waals surface area contributed by atoms with E-state index in [1.54, 1.807) is 12.1 Å². The molecule has 0 bridgehead atoms. The molecule has 0 saturated carbocycles. The van der Waals surface area contributed by atoms with Crippen molar-refractivity contribution >= 4 is 0 Å². The molecule has 0 amide bonds. The largest absolute Gasteiger partial charge is 0.497 e. The van der Waals surface area contributed by atoms with Gasteiger partial charge in [-0.05, 0) is 32.0 Å². The average molecular weight is 296 g/mol. The number of halogens is 1. The third-order valence-electron chi connectivity index (χ3n) is 4.74. The van der Waals surface area contributed by atoms with Gasteiger partial charge in [-0.2, -0.15) is 0 Å². The Morgan fingerprint density at radius 2 is 1.76 bits per heavy atom. The van der Waals surface area contributed by atoms with E-state index in [-0.39, 0.29) is 17.4 Å². The van der Waals surface area contributed by atoms with Gasteiger partial charge < -0.3 is 10.5 Å². The first-order chi connectivity index (χ1) is 10.00. The van der Waals surface area contributed by atoms with Crippen LogP contribution in [-0.4, -0.2) is 30.6 Å². The van der Waals surface area contributed by atoms with E-state index >= 15 is 0 Å². The summed E-state index contributed by atoms with van der Waals surface area (Å²) in [4.78, 5) is 2.35. The van der Waals surface area contributed by atoms with Crippen LogP contribution in [0.4, 0.5) is 4.39 Å². The van der Waals surface area contributed by atoms with Gasteiger partial charge in [-0.25, -0.2) is 4.39 Å². The summed E-state index contributed by atoms with van der Waals surface area (Å²) in [6.07, 6.45) is 1.77. The highest BCUT2D eigenvalue weighted by Crippen LogP contribution is 2.37. The minimum atomic E-state index is -0.363. The molecule has 1 unspecified atom stereocenters. The molecule has 1 atom stereocenters. The molecule has 1 rings (SSSR count). The number of benzene rings is 1. The van der Waals surface area contributed by atoms with Gasteiger partial charge in [-0.15, -0.1) is 0 Å². The van der Waals surface area contributed by atoms with Gasteiger partial charge in [-0.1, -0.05) is 33.8 Å². The Hall–Kier alpha value is -1.13. The van der Waals surface area contributed by atoms with Crippen molar-refractivity contribution < 1.29 is 9.13 Å². The molecule has 0 heterocycles. The van der Waals surface area contributed by atoms with Crippen molar-refractivity contribution in [2.75, 3.05) is 20.2 Å². The highest BCUT2D eigenvalue weighted by molar-refractivity contribution is 5.32. The lowest BCUT2D eigenvalue weighted by Gasteiger charge is -2.46. The van der Waals surface area contributed by atoms with Gasteiger partial charge in [0.05, 0.1) is 13.2 Å². The maximum Gasteiger partial charge on any atom is 0.131 e. The Bertz CT molecular complexity index is 442. The molecule has 0 aromatic heterocycles. The minimum absolute atomic E-state index is 0.223. The molecule has 0 aliphatic rings. The second kappa shape index (κ2) is 7.76. The van der Waals surface area contributed by atoms with E-state index in [0.717, 1.165) is 25.9 Å². The zero-order valence-electron chi connectivity index (χ0n) is 13.9. The van der Waals surface area contributed by atoms with Gasteiger partial charge in [0.1, 0.15) is 11.6 Å². The summed E-state index contributed by atoms with van der Waals surface area (Å²) in [6.45, 7) is 10.3. The van der Waals surface area contributed by atoms with Gasteiger partial charge in [0.25, 0.3) is 0 Å². The average Bonchev–Trinajstić information content (AvgIpc) is 2.51. The minimum Gasteiger partial charge on any atom is -0.497 e. The SMILES string of the molecule is CCN(CC)C(CC)(CC)C(N)c1ccc(OC)cc1F. The van der Waals surface area contributed by atoms with E-state index in [1.807, 2.05) is 0 Å². The fourth-order valence-electron chi connectivity index (χ4n) is 3.36. The highest BCUT2D eigenvalue weighted by atomic mass is 19.1. The lowest BCUT2D eigenvalue weighted by Crippen LogP contribution is -2.55. The van der Waals surface area contributed by atoms with E-state index in [9.17, 15) is 4.39 Å². The quantitative estimate of drug-likeness (QED) is 0.794.